The molecule has 5 nitrogen and oxygen atoms in total. The SMILES string of the molecule is CC1(N)CCCCC1C(=O)NCc1nc(-c2ccncc2)cs1. The summed E-state index contributed by atoms with van der Waals surface area (Å²) in [6.45, 7) is 2.45. The van der Waals surface area contributed by atoms with Crippen LogP contribution in [0.2, 0.25) is 0 Å². The zero-order chi connectivity index (χ0) is 16.3. The summed E-state index contributed by atoms with van der Waals surface area (Å²) in [5.74, 6) is -0.0498. The number of nitrogens with one attached hydrogen (secondary N) is 1. The van der Waals surface area contributed by atoms with E-state index in [-0.39, 0.29) is 11.8 Å². The van der Waals surface area contributed by atoms with Crippen molar-refractivity contribution in [2.45, 2.75) is 44.7 Å². The fourth-order valence-corrected chi connectivity index (χ4v) is 3.87. The zero-order valence-corrected chi connectivity index (χ0v) is 14.1. The van der Waals surface area contributed by atoms with E-state index in [1.54, 1.807) is 23.7 Å². The van der Waals surface area contributed by atoms with E-state index in [1.165, 1.54) is 0 Å². The van der Waals surface area contributed by atoms with Gasteiger partial charge in [-0.05, 0) is 31.9 Å². The maximum atomic E-state index is 12.4. The van der Waals surface area contributed by atoms with Crippen LogP contribution >= 0.6 is 11.3 Å². The highest BCUT2D eigenvalue weighted by atomic mass is 32.1. The van der Waals surface area contributed by atoms with Crippen LogP contribution in [0.4, 0.5) is 0 Å². The monoisotopic (exact) mass is 330 g/mol. The number of pyridine rings is 1. The Labute approximate surface area is 140 Å². The third-order valence-corrected chi connectivity index (χ3v) is 5.36. The molecule has 23 heavy (non-hydrogen) atoms. The molecule has 3 rings (SSSR count). The first-order valence-corrected chi connectivity index (χ1v) is 8.85. The standard InChI is InChI=1S/C17H22N4OS/c1-17(18)7-3-2-4-13(17)16(22)20-10-15-21-14(11-23-15)12-5-8-19-9-6-12/h5-6,8-9,11,13H,2-4,7,10,18H2,1H3,(H,20,22). The van der Waals surface area contributed by atoms with Gasteiger partial charge in [0.1, 0.15) is 5.01 Å². The van der Waals surface area contributed by atoms with Gasteiger partial charge in [0.25, 0.3) is 0 Å². The molecule has 2 aromatic rings. The minimum atomic E-state index is -0.395. The Bertz CT molecular complexity index is 668. The molecule has 1 amide bonds. The molecule has 0 saturated heterocycles. The van der Waals surface area contributed by atoms with Crippen molar-refractivity contribution >= 4 is 17.2 Å². The molecule has 2 atom stereocenters. The van der Waals surface area contributed by atoms with Gasteiger partial charge in [-0.1, -0.05) is 12.8 Å². The fraction of sp³-hybridized carbons (Fsp3) is 0.471. The van der Waals surface area contributed by atoms with E-state index in [4.69, 9.17) is 5.73 Å². The van der Waals surface area contributed by atoms with Crippen molar-refractivity contribution in [3.05, 3.63) is 34.9 Å². The lowest BCUT2D eigenvalue weighted by Gasteiger charge is -2.37. The van der Waals surface area contributed by atoms with Gasteiger partial charge in [0.15, 0.2) is 0 Å². The summed E-state index contributed by atoms with van der Waals surface area (Å²) >= 11 is 1.56. The number of rotatable bonds is 4. The van der Waals surface area contributed by atoms with E-state index in [1.807, 2.05) is 24.4 Å². The molecule has 0 radical (unpaired) electrons. The van der Waals surface area contributed by atoms with Gasteiger partial charge in [-0.3, -0.25) is 9.78 Å². The van der Waals surface area contributed by atoms with Gasteiger partial charge < -0.3 is 11.1 Å². The van der Waals surface area contributed by atoms with Gasteiger partial charge in [0.05, 0.1) is 18.2 Å². The van der Waals surface area contributed by atoms with Gasteiger partial charge in [-0.15, -0.1) is 11.3 Å². The second kappa shape index (κ2) is 6.76. The third-order valence-electron chi connectivity index (χ3n) is 4.51. The minimum absolute atomic E-state index is 0.0513. The smallest absolute Gasteiger partial charge is 0.225 e. The van der Waals surface area contributed by atoms with Gasteiger partial charge in [-0.2, -0.15) is 0 Å². The summed E-state index contributed by atoms with van der Waals surface area (Å²) in [6, 6.07) is 3.86. The highest BCUT2D eigenvalue weighted by molar-refractivity contribution is 7.09. The van der Waals surface area contributed by atoms with Gasteiger partial charge >= 0.3 is 0 Å². The van der Waals surface area contributed by atoms with Crippen LogP contribution < -0.4 is 11.1 Å². The summed E-state index contributed by atoms with van der Waals surface area (Å²) in [7, 11) is 0. The van der Waals surface area contributed by atoms with Crippen LogP contribution in [0.3, 0.4) is 0 Å². The Balaban J connectivity index is 1.60. The molecular formula is C17H22N4OS. The number of aromatic nitrogens is 2. The van der Waals surface area contributed by atoms with Crippen molar-refractivity contribution in [1.82, 2.24) is 15.3 Å². The molecule has 2 aromatic heterocycles. The van der Waals surface area contributed by atoms with Gasteiger partial charge in [0, 0.05) is 28.9 Å². The summed E-state index contributed by atoms with van der Waals surface area (Å²) in [5, 5.41) is 5.91. The second-order valence-electron chi connectivity index (χ2n) is 6.38. The molecule has 122 valence electrons. The number of nitrogens with zero attached hydrogens (tertiary/aromatic N) is 2. The Morgan fingerprint density at radius 2 is 2.22 bits per heavy atom. The summed E-state index contributed by atoms with van der Waals surface area (Å²) in [6.07, 6.45) is 7.48. The number of carbonyl (C=O) groups is 1. The van der Waals surface area contributed by atoms with Crippen LogP contribution in [0.15, 0.2) is 29.9 Å². The molecule has 1 saturated carbocycles. The number of hydrogen-bond donors (Lipinski definition) is 2. The molecule has 6 heteroatoms. The maximum Gasteiger partial charge on any atom is 0.225 e. The zero-order valence-electron chi connectivity index (χ0n) is 13.3. The minimum Gasteiger partial charge on any atom is -0.349 e. The average Bonchev–Trinajstić information content (AvgIpc) is 3.02. The first kappa shape index (κ1) is 16.1. The van der Waals surface area contributed by atoms with E-state index in [0.717, 1.165) is 41.9 Å². The fourth-order valence-electron chi connectivity index (χ4n) is 3.12. The first-order valence-electron chi connectivity index (χ1n) is 7.98. The lowest BCUT2D eigenvalue weighted by molar-refractivity contribution is -0.128. The molecule has 0 aromatic carbocycles. The molecule has 0 bridgehead atoms. The summed E-state index contributed by atoms with van der Waals surface area (Å²) in [4.78, 5) is 21.0. The number of thiazole rings is 1. The highest BCUT2D eigenvalue weighted by Crippen LogP contribution is 2.31. The normalized spacial score (nSPS) is 24.3. The Morgan fingerprint density at radius 3 is 2.96 bits per heavy atom. The lowest BCUT2D eigenvalue weighted by atomic mass is 9.74. The predicted molar refractivity (Wildman–Crippen MR) is 91.7 cm³/mol. The average molecular weight is 330 g/mol. The van der Waals surface area contributed by atoms with Crippen molar-refractivity contribution in [3.63, 3.8) is 0 Å². The van der Waals surface area contributed by atoms with Crippen LogP contribution in [0.1, 0.15) is 37.6 Å². The largest absolute Gasteiger partial charge is 0.349 e. The first-order chi connectivity index (χ1) is 11.1. The molecular weight excluding hydrogens is 308 g/mol. The van der Waals surface area contributed by atoms with Crippen LogP contribution in [-0.4, -0.2) is 21.4 Å². The lowest BCUT2D eigenvalue weighted by Crippen LogP contribution is -2.52. The molecule has 1 aliphatic carbocycles. The van der Waals surface area contributed by atoms with E-state index in [9.17, 15) is 4.79 Å². The molecule has 1 fully saturated rings. The van der Waals surface area contributed by atoms with Crippen LogP contribution in [-0.2, 0) is 11.3 Å². The maximum absolute atomic E-state index is 12.4. The quantitative estimate of drug-likeness (QED) is 0.903. The van der Waals surface area contributed by atoms with E-state index in [2.05, 4.69) is 15.3 Å². The van der Waals surface area contributed by atoms with Gasteiger partial charge in [-0.25, -0.2) is 4.98 Å². The molecule has 3 N–H and O–H groups in total. The van der Waals surface area contributed by atoms with Crippen molar-refractivity contribution < 1.29 is 4.79 Å². The van der Waals surface area contributed by atoms with Crippen LogP contribution in [0, 0.1) is 5.92 Å². The third kappa shape index (κ3) is 3.76. The summed E-state index contributed by atoms with van der Waals surface area (Å²) in [5.41, 5.74) is 7.85. The van der Waals surface area contributed by atoms with E-state index >= 15 is 0 Å². The molecule has 2 unspecified atom stereocenters. The Morgan fingerprint density at radius 1 is 1.43 bits per heavy atom. The Hall–Kier alpha value is -1.79. The number of hydrogen-bond acceptors (Lipinski definition) is 5. The van der Waals surface area contributed by atoms with Crippen LogP contribution in [0.5, 0.6) is 0 Å². The number of amides is 1. The van der Waals surface area contributed by atoms with Gasteiger partial charge in [0.2, 0.25) is 5.91 Å². The van der Waals surface area contributed by atoms with Crippen molar-refractivity contribution in [2.75, 3.05) is 0 Å². The van der Waals surface area contributed by atoms with Crippen LogP contribution in [0.25, 0.3) is 11.3 Å². The molecule has 0 aliphatic heterocycles. The Kier molecular flexibility index (Phi) is 4.73. The number of carbonyl (C=O) groups excluding carboxylic acids is 1. The van der Waals surface area contributed by atoms with Crippen molar-refractivity contribution in [1.29, 1.82) is 0 Å². The molecule has 0 spiro atoms. The molecule has 1 aliphatic rings. The molecule has 2 heterocycles. The second-order valence-corrected chi connectivity index (χ2v) is 7.33. The van der Waals surface area contributed by atoms with E-state index < -0.39 is 5.54 Å². The van der Waals surface area contributed by atoms with Crippen molar-refractivity contribution in [3.8, 4) is 11.3 Å². The van der Waals surface area contributed by atoms with E-state index in [0.29, 0.717) is 6.54 Å². The van der Waals surface area contributed by atoms with Crippen molar-refractivity contribution in [2.24, 2.45) is 11.7 Å². The number of nitrogens with two attached hydrogens (primary N) is 1. The summed E-state index contributed by atoms with van der Waals surface area (Å²) < 4.78 is 0. The topological polar surface area (TPSA) is 80.9 Å². The highest BCUT2D eigenvalue weighted by Gasteiger charge is 2.37. The predicted octanol–water partition coefficient (Wildman–Crippen LogP) is 2.73.